The molecule has 0 bridgehead atoms. The van der Waals surface area contributed by atoms with Gasteiger partial charge in [-0.15, -0.1) is 11.8 Å². The van der Waals surface area contributed by atoms with E-state index in [4.69, 9.17) is 23.7 Å². The molecule has 0 aromatic carbocycles. The van der Waals surface area contributed by atoms with Crippen molar-refractivity contribution in [3.8, 4) is 0 Å². The van der Waals surface area contributed by atoms with Crippen LogP contribution in [0.1, 0.15) is 33.4 Å². The normalized spacial score (nSPS) is 22.1. The van der Waals surface area contributed by atoms with Crippen LogP contribution in [0.25, 0.3) is 0 Å². The largest absolute Gasteiger partial charge is 0.463 e. The second-order valence-corrected chi connectivity index (χ2v) is 10.1. The van der Waals surface area contributed by atoms with Gasteiger partial charge in [0.25, 0.3) is 0 Å². The van der Waals surface area contributed by atoms with Crippen LogP contribution >= 0.6 is 11.8 Å². The van der Waals surface area contributed by atoms with Gasteiger partial charge in [0.05, 0.1) is 12.2 Å². The van der Waals surface area contributed by atoms with E-state index >= 15 is 0 Å². The first-order chi connectivity index (χ1) is 19.1. The molecule has 0 spiro atoms. The number of carbonyl (C=O) groups is 4. The average molecular weight is 576 g/mol. The summed E-state index contributed by atoms with van der Waals surface area (Å²) >= 11 is 1.31. The highest BCUT2D eigenvalue weighted by molar-refractivity contribution is 7.99. The summed E-state index contributed by atoms with van der Waals surface area (Å²) in [6, 6.07) is 11.3. The number of carbonyl (C=O) groups excluding carboxylic acids is 4. The second kappa shape index (κ2) is 15.2. The quantitative estimate of drug-likeness (QED) is 0.270. The van der Waals surface area contributed by atoms with Crippen molar-refractivity contribution in [3.05, 3.63) is 54.5 Å². The average Bonchev–Trinajstić information content (AvgIpc) is 2.90. The Kier molecular flexibility index (Phi) is 11.7. The van der Waals surface area contributed by atoms with Crippen LogP contribution in [0, 0.1) is 0 Å². The zero-order chi connectivity index (χ0) is 29.1. The number of nitrogens with zero attached hydrogens (tertiary/aromatic N) is 3. The van der Waals surface area contributed by atoms with Gasteiger partial charge in [0.2, 0.25) is 0 Å². The SMILES string of the molecule is CC(=O)OC[C@H]1O[C@@H](SCCN(Cc2ccccn2)c2ccccn2)[C@H](OC(C)=O)[C@@H](OC(C)=O)[C@@H]1OC(C)=O. The van der Waals surface area contributed by atoms with Crippen molar-refractivity contribution in [2.24, 2.45) is 0 Å². The van der Waals surface area contributed by atoms with Gasteiger partial charge in [-0.05, 0) is 24.3 Å². The number of hydrogen-bond acceptors (Lipinski definition) is 13. The first kappa shape index (κ1) is 30.8. The molecule has 216 valence electrons. The lowest BCUT2D eigenvalue weighted by Crippen LogP contribution is -2.61. The van der Waals surface area contributed by atoms with Crippen molar-refractivity contribution in [3.63, 3.8) is 0 Å². The molecule has 1 fully saturated rings. The Labute approximate surface area is 236 Å². The Morgan fingerprint density at radius 3 is 2.02 bits per heavy atom. The maximum Gasteiger partial charge on any atom is 0.303 e. The highest BCUT2D eigenvalue weighted by atomic mass is 32.2. The number of esters is 4. The molecule has 2 aromatic heterocycles. The Bertz CT molecular complexity index is 1140. The van der Waals surface area contributed by atoms with Crippen molar-refractivity contribution in [2.45, 2.75) is 64.1 Å². The lowest BCUT2D eigenvalue weighted by atomic mass is 9.99. The molecular weight excluding hydrogens is 542 g/mol. The lowest BCUT2D eigenvalue weighted by Gasteiger charge is -2.44. The first-order valence-electron chi connectivity index (χ1n) is 12.6. The van der Waals surface area contributed by atoms with Crippen LogP contribution in [0.2, 0.25) is 0 Å². The zero-order valence-corrected chi connectivity index (χ0v) is 23.6. The molecule has 5 atom stereocenters. The van der Waals surface area contributed by atoms with E-state index in [1.165, 1.54) is 39.5 Å². The highest BCUT2D eigenvalue weighted by Crippen LogP contribution is 2.34. The van der Waals surface area contributed by atoms with E-state index in [0.717, 1.165) is 11.5 Å². The molecule has 40 heavy (non-hydrogen) atoms. The Morgan fingerprint density at radius 2 is 1.45 bits per heavy atom. The summed E-state index contributed by atoms with van der Waals surface area (Å²) in [6.07, 6.45) is -1.05. The van der Waals surface area contributed by atoms with Crippen LogP contribution in [0.5, 0.6) is 0 Å². The first-order valence-corrected chi connectivity index (χ1v) is 13.7. The minimum atomic E-state index is -1.20. The van der Waals surface area contributed by atoms with Crippen molar-refractivity contribution in [1.29, 1.82) is 0 Å². The number of hydrogen-bond donors (Lipinski definition) is 0. The number of pyridine rings is 2. The van der Waals surface area contributed by atoms with E-state index in [0.29, 0.717) is 18.8 Å². The third kappa shape index (κ3) is 9.49. The fraction of sp³-hybridized carbons (Fsp3) is 0.481. The van der Waals surface area contributed by atoms with Gasteiger partial charge in [0, 0.05) is 52.4 Å². The fourth-order valence-electron chi connectivity index (χ4n) is 4.10. The lowest BCUT2D eigenvalue weighted by molar-refractivity contribution is -0.237. The molecule has 13 heteroatoms. The highest BCUT2D eigenvalue weighted by Gasteiger charge is 2.52. The summed E-state index contributed by atoms with van der Waals surface area (Å²) in [7, 11) is 0. The van der Waals surface area contributed by atoms with Crippen LogP contribution in [-0.4, -0.2) is 82.6 Å². The number of rotatable bonds is 12. The summed E-state index contributed by atoms with van der Waals surface area (Å²) in [5, 5.41) is 0. The van der Waals surface area contributed by atoms with E-state index in [9.17, 15) is 19.2 Å². The van der Waals surface area contributed by atoms with Crippen molar-refractivity contribution >= 4 is 41.5 Å². The van der Waals surface area contributed by atoms with Gasteiger partial charge < -0.3 is 28.6 Å². The fourth-order valence-corrected chi connectivity index (χ4v) is 5.28. The van der Waals surface area contributed by atoms with E-state index < -0.39 is 53.7 Å². The van der Waals surface area contributed by atoms with Gasteiger partial charge in [0.15, 0.2) is 18.3 Å². The van der Waals surface area contributed by atoms with Crippen LogP contribution in [0.4, 0.5) is 5.82 Å². The number of ether oxygens (including phenoxy) is 5. The molecular formula is C27H33N3O9S. The van der Waals surface area contributed by atoms with Gasteiger partial charge in [-0.1, -0.05) is 12.1 Å². The molecule has 0 radical (unpaired) electrons. The van der Waals surface area contributed by atoms with Gasteiger partial charge in [-0.2, -0.15) is 0 Å². The molecule has 1 aliphatic heterocycles. The topological polar surface area (TPSA) is 143 Å². The molecule has 1 saturated heterocycles. The van der Waals surface area contributed by atoms with Gasteiger partial charge in [0.1, 0.15) is 24.0 Å². The molecule has 0 saturated carbocycles. The maximum atomic E-state index is 12.1. The molecule has 0 N–H and O–H groups in total. The minimum absolute atomic E-state index is 0.269. The van der Waals surface area contributed by atoms with Crippen molar-refractivity contribution < 1.29 is 42.9 Å². The monoisotopic (exact) mass is 575 g/mol. The number of thioether (sulfide) groups is 1. The van der Waals surface area contributed by atoms with Crippen LogP contribution in [0.3, 0.4) is 0 Å². The third-order valence-corrected chi connectivity index (χ3v) is 6.77. The minimum Gasteiger partial charge on any atom is -0.463 e. The number of anilines is 1. The van der Waals surface area contributed by atoms with E-state index in [-0.39, 0.29) is 6.61 Å². The smallest absolute Gasteiger partial charge is 0.303 e. The molecule has 0 amide bonds. The molecule has 3 heterocycles. The number of aromatic nitrogens is 2. The molecule has 1 aliphatic rings. The second-order valence-electron chi connectivity index (χ2n) is 8.87. The van der Waals surface area contributed by atoms with Gasteiger partial charge in [-0.25, -0.2) is 4.98 Å². The summed E-state index contributed by atoms with van der Waals surface area (Å²) in [4.78, 5) is 58.5. The zero-order valence-electron chi connectivity index (χ0n) is 22.8. The molecule has 3 rings (SSSR count). The van der Waals surface area contributed by atoms with Crippen LogP contribution < -0.4 is 4.90 Å². The predicted molar refractivity (Wildman–Crippen MR) is 144 cm³/mol. The van der Waals surface area contributed by atoms with Crippen LogP contribution in [0.15, 0.2) is 48.8 Å². The molecule has 2 aromatic rings. The Morgan fingerprint density at radius 1 is 0.825 bits per heavy atom. The summed E-state index contributed by atoms with van der Waals surface area (Å²) in [6.45, 7) is 5.56. The summed E-state index contributed by atoms with van der Waals surface area (Å²) < 4.78 is 27.8. The van der Waals surface area contributed by atoms with E-state index in [2.05, 4.69) is 9.97 Å². The van der Waals surface area contributed by atoms with Gasteiger partial charge >= 0.3 is 23.9 Å². The Hall–Kier alpha value is -3.71. The predicted octanol–water partition coefficient (Wildman–Crippen LogP) is 2.30. The van der Waals surface area contributed by atoms with Crippen molar-refractivity contribution in [1.82, 2.24) is 9.97 Å². The third-order valence-electron chi connectivity index (χ3n) is 5.64. The molecule has 12 nitrogen and oxygen atoms in total. The maximum absolute atomic E-state index is 12.1. The summed E-state index contributed by atoms with van der Waals surface area (Å²) in [5.74, 6) is -1.34. The van der Waals surface area contributed by atoms with Crippen LogP contribution in [-0.2, 0) is 49.4 Å². The van der Waals surface area contributed by atoms with E-state index in [1.54, 1.807) is 12.4 Å². The van der Waals surface area contributed by atoms with Crippen molar-refractivity contribution in [2.75, 3.05) is 23.8 Å². The van der Waals surface area contributed by atoms with Gasteiger partial charge in [-0.3, -0.25) is 24.2 Å². The standard InChI is InChI=1S/C27H33N3O9S/c1-17(31)35-16-22-24(36-18(2)32)25(37-19(3)33)26(38-20(4)34)27(39-22)40-14-13-30(23-10-6-8-12-29-23)15-21-9-5-7-11-28-21/h5-12,22,24-27H,13-16H2,1-4H3/t22-,24-,25+,26-,27+/m1/s1. The molecule has 0 unspecified atom stereocenters. The molecule has 0 aliphatic carbocycles. The summed E-state index contributed by atoms with van der Waals surface area (Å²) in [5.41, 5.74) is 0.00602. The Balaban J connectivity index is 1.84. The van der Waals surface area contributed by atoms with E-state index in [1.807, 2.05) is 41.3 Å².